The Balaban J connectivity index is 2.24. The summed E-state index contributed by atoms with van der Waals surface area (Å²) in [4.78, 5) is 6.04. The summed E-state index contributed by atoms with van der Waals surface area (Å²) in [5, 5.41) is 8.73. The van der Waals surface area contributed by atoms with Crippen molar-refractivity contribution < 1.29 is 9.47 Å². The lowest BCUT2D eigenvalue weighted by atomic mass is 10.1. The fourth-order valence-electron chi connectivity index (χ4n) is 1.86. The third-order valence-electron chi connectivity index (χ3n) is 3.09. The van der Waals surface area contributed by atoms with Crippen LogP contribution in [0.15, 0.2) is 22.5 Å². The highest BCUT2D eigenvalue weighted by Gasteiger charge is 2.06. The molecule has 0 aliphatic rings. The van der Waals surface area contributed by atoms with E-state index < -0.39 is 0 Å². The summed E-state index contributed by atoms with van der Waals surface area (Å²) in [5.41, 5.74) is 0. The molecule has 0 bridgehead atoms. The first kappa shape index (κ1) is 18.9. The number of aliphatic imine (C=N–C) groups is 1. The summed E-state index contributed by atoms with van der Waals surface area (Å²) < 4.78 is 10.4. The number of methoxy groups -OCH3 is 1. The molecule has 1 aromatic rings. The minimum atomic E-state index is 0.452. The zero-order valence-electron chi connectivity index (χ0n) is 13.9. The molecule has 6 heteroatoms. The fraction of sp³-hybridized carbons (Fsp3) is 0.688. The van der Waals surface area contributed by atoms with Crippen LogP contribution in [-0.2, 0) is 9.47 Å². The zero-order valence-corrected chi connectivity index (χ0v) is 14.7. The van der Waals surface area contributed by atoms with Gasteiger partial charge in [-0.1, -0.05) is 13.0 Å². The van der Waals surface area contributed by atoms with Crippen LogP contribution in [0.3, 0.4) is 0 Å². The van der Waals surface area contributed by atoms with Crippen LogP contribution < -0.4 is 10.6 Å². The second-order valence-electron chi connectivity index (χ2n) is 5.02. The maximum absolute atomic E-state index is 5.44. The molecule has 2 N–H and O–H groups in total. The maximum atomic E-state index is 5.44. The normalized spacial score (nSPS) is 13.1. The molecule has 126 valence electrons. The second-order valence-corrected chi connectivity index (χ2v) is 6.00. The monoisotopic (exact) mass is 327 g/mol. The first-order valence-electron chi connectivity index (χ1n) is 7.90. The Bertz CT molecular complexity index is 396. The fourth-order valence-corrected chi connectivity index (χ4v) is 2.64. The Labute approximate surface area is 138 Å². The van der Waals surface area contributed by atoms with E-state index in [2.05, 4.69) is 47.0 Å². The highest BCUT2D eigenvalue weighted by Crippen LogP contribution is 2.20. The van der Waals surface area contributed by atoms with Gasteiger partial charge in [-0.05, 0) is 24.8 Å². The number of hydrogen-bond acceptors (Lipinski definition) is 4. The third kappa shape index (κ3) is 8.36. The van der Waals surface area contributed by atoms with Gasteiger partial charge < -0.3 is 20.1 Å². The van der Waals surface area contributed by atoms with Gasteiger partial charge in [-0.2, -0.15) is 0 Å². The topological polar surface area (TPSA) is 54.9 Å². The van der Waals surface area contributed by atoms with E-state index >= 15 is 0 Å². The largest absolute Gasteiger partial charge is 0.382 e. The van der Waals surface area contributed by atoms with Crippen molar-refractivity contribution in [3.8, 4) is 0 Å². The van der Waals surface area contributed by atoms with Crippen LogP contribution in [0, 0.1) is 0 Å². The van der Waals surface area contributed by atoms with Crippen molar-refractivity contribution in [1.82, 2.24) is 10.6 Å². The number of nitrogens with one attached hydrogen (secondary N) is 2. The summed E-state index contributed by atoms with van der Waals surface area (Å²) in [6.07, 6.45) is 0.953. The summed E-state index contributed by atoms with van der Waals surface area (Å²) in [7, 11) is 1.68. The van der Waals surface area contributed by atoms with Gasteiger partial charge in [0.1, 0.15) is 0 Å². The molecule has 0 aromatic carbocycles. The predicted octanol–water partition coefficient (Wildman–Crippen LogP) is 2.46. The summed E-state index contributed by atoms with van der Waals surface area (Å²) in [6, 6.07) is 4.26. The van der Waals surface area contributed by atoms with Crippen molar-refractivity contribution in [3.63, 3.8) is 0 Å². The SMILES string of the molecule is CCNC(=NCC(C)c1cccs1)NCCCOCCOC. The molecule has 1 aromatic heterocycles. The second kappa shape index (κ2) is 12.4. The lowest BCUT2D eigenvalue weighted by molar-refractivity contribution is 0.0698. The zero-order chi connectivity index (χ0) is 16.0. The van der Waals surface area contributed by atoms with E-state index in [0.29, 0.717) is 19.1 Å². The Morgan fingerprint density at radius 3 is 2.86 bits per heavy atom. The van der Waals surface area contributed by atoms with Crippen LogP contribution in [0.2, 0.25) is 0 Å². The molecule has 5 nitrogen and oxygen atoms in total. The highest BCUT2D eigenvalue weighted by atomic mass is 32.1. The summed E-state index contributed by atoms with van der Waals surface area (Å²) in [6.45, 7) is 8.84. The van der Waals surface area contributed by atoms with Crippen LogP contribution in [0.4, 0.5) is 0 Å². The number of thiophene rings is 1. The molecular formula is C16H29N3O2S. The molecule has 0 aliphatic carbocycles. The van der Waals surface area contributed by atoms with Gasteiger partial charge in [-0.15, -0.1) is 11.3 Å². The Morgan fingerprint density at radius 1 is 1.32 bits per heavy atom. The van der Waals surface area contributed by atoms with E-state index in [9.17, 15) is 0 Å². The molecule has 0 aliphatic heterocycles. The molecule has 1 rings (SSSR count). The lowest BCUT2D eigenvalue weighted by Crippen LogP contribution is -2.38. The maximum Gasteiger partial charge on any atom is 0.191 e. The first-order chi connectivity index (χ1) is 10.8. The molecule has 1 unspecified atom stereocenters. The van der Waals surface area contributed by atoms with Gasteiger partial charge in [-0.25, -0.2) is 0 Å². The minimum absolute atomic E-state index is 0.452. The van der Waals surface area contributed by atoms with Crippen LogP contribution >= 0.6 is 11.3 Å². The molecule has 0 saturated heterocycles. The van der Waals surface area contributed by atoms with Gasteiger partial charge in [0, 0.05) is 37.6 Å². The average molecular weight is 327 g/mol. The molecule has 0 fully saturated rings. The average Bonchev–Trinajstić information content (AvgIpc) is 3.05. The minimum Gasteiger partial charge on any atom is -0.382 e. The molecule has 1 atom stereocenters. The number of guanidine groups is 1. The van der Waals surface area contributed by atoms with Crippen molar-refractivity contribution in [2.24, 2.45) is 4.99 Å². The van der Waals surface area contributed by atoms with Crippen LogP contribution in [0.5, 0.6) is 0 Å². The van der Waals surface area contributed by atoms with E-state index in [1.807, 2.05) is 0 Å². The lowest BCUT2D eigenvalue weighted by Gasteiger charge is -2.13. The number of nitrogens with zero attached hydrogens (tertiary/aromatic N) is 1. The third-order valence-corrected chi connectivity index (χ3v) is 4.19. The van der Waals surface area contributed by atoms with Crippen LogP contribution in [0.25, 0.3) is 0 Å². The Hall–Kier alpha value is -1.11. The van der Waals surface area contributed by atoms with Gasteiger partial charge in [0.05, 0.1) is 19.8 Å². The molecule has 0 saturated carbocycles. The quantitative estimate of drug-likeness (QED) is 0.372. The number of hydrogen-bond donors (Lipinski definition) is 2. The molecule has 1 heterocycles. The van der Waals surface area contributed by atoms with Crippen molar-refractivity contribution in [3.05, 3.63) is 22.4 Å². The van der Waals surface area contributed by atoms with Crippen molar-refractivity contribution >= 4 is 17.3 Å². The Kier molecular flexibility index (Phi) is 10.7. The van der Waals surface area contributed by atoms with Gasteiger partial charge in [0.15, 0.2) is 5.96 Å². The van der Waals surface area contributed by atoms with E-state index in [4.69, 9.17) is 9.47 Å². The molecule has 22 heavy (non-hydrogen) atoms. The van der Waals surface area contributed by atoms with Crippen LogP contribution in [-0.4, -0.2) is 52.5 Å². The highest BCUT2D eigenvalue weighted by molar-refractivity contribution is 7.10. The molecule has 0 amide bonds. The molecular weight excluding hydrogens is 298 g/mol. The van der Waals surface area contributed by atoms with E-state index in [0.717, 1.165) is 38.6 Å². The van der Waals surface area contributed by atoms with Crippen molar-refractivity contribution in [2.45, 2.75) is 26.2 Å². The van der Waals surface area contributed by atoms with Crippen molar-refractivity contribution in [1.29, 1.82) is 0 Å². The Morgan fingerprint density at radius 2 is 2.18 bits per heavy atom. The van der Waals surface area contributed by atoms with Crippen LogP contribution in [0.1, 0.15) is 31.1 Å². The van der Waals surface area contributed by atoms with E-state index in [-0.39, 0.29) is 0 Å². The standard InChI is InChI=1S/C16H29N3O2S/c1-4-17-16(18-8-6-9-21-11-10-20-3)19-13-14(2)15-7-5-12-22-15/h5,7,12,14H,4,6,8-11,13H2,1-3H3,(H2,17,18,19). The smallest absolute Gasteiger partial charge is 0.191 e. The van der Waals surface area contributed by atoms with Gasteiger partial charge in [0.2, 0.25) is 0 Å². The van der Waals surface area contributed by atoms with Gasteiger partial charge in [-0.3, -0.25) is 4.99 Å². The predicted molar refractivity (Wildman–Crippen MR) is 94.0 cm³/mol. The number of ether oxygens (including phenoxy) is 2. The van der Waals surface area contributed by atoms with Gasteiger partial charge >= 0.3 is 0 Å². The van der Waals surface area contributed by atoms with Gasteiger partial charge in [0.25, 0.3) is 0 Å². The van der Waals surface area contributed by atoms with Crippen molar-refractivity contribution in [2.75, 3.05) is 46.6 Å². The summed E-state index contributed by atoms with van der Waals surface area (Å²) in [5.74, 6) is 1.33. The van der Waals surface area contributed by atoms with E-state index in [1.165, 1.54) is 4.88 Å². The molecule has 0 radical (unpaired) electrons. The first-order valence-corrected chi connectivity index (χ1v) is 8.78. The van der Waals surface area contributed by atoms with E-state index in [1.54, 1.807) is 18.4 Å². The molecule has 0 spiro atoms. The number of rotatable bonds is 11. The summed E-state index contributed by atoms with van der Waals surface area (Å²) >= 11 is 1.79.